The van der Waals surface area contributed by atoms with Crippen LogP contribution >= 0.6 is 7.82 Å². The van der Waals surface area contributed by atoms with E-state index in [9.17, 15) is 19.0 Å². The van der Waals surface area contributed by atoms with Gasteiger partial charge in [-0.3, -0.25) is 18.6 Å². The Balaban J connectivity index is 3.74. The number of esters is 2. The summed E-state index contributed by atoms with van der Waals surface area (Å²) in [7, 11) is -4.40. The van der Waals surface area contributed by atoms with E-state index in [2.05, 4.69) is 86.8 Å². The molecular formula is C87H162NO8P. The van der Waals surface area contributed by atoms with Crippen LogP contribution in [0.3, 0.4) is 0 Å². The van der Waals surface area contributed by atoms with Gasteiger partial charge in [0.2, 0.25) is 0 Å². The SMILES string of the molecule is CCCCCCC/C=C\C/C=C\C/C=C\CCCCCCCCCCCCCCCCCCCCCCCCCCC(=O)OC(COC(=O)CCCCCCCCCCCCCCCCCCCCCCCC/C=C\C/C=C\C/C=C\CCCCCCC)COP(=O)(O)OCCN. The van der Waals surface area contributed by atoms with Crippen LogP contribution < -0.4 is 5.73 Å². The van der Waals surface area contributed by atoms with Gasteiger partial charge in [0.05, 0.1) is 13.2 Å². The van der Waals surface area contributed by atoms with Crippen molar-refractivity contribution < 1.29 is 37.6 Å². The van der Waals surface area contributed by atoms with E-state index in [1.165, 1.54) is 347 Å². The summed E-state index contributed by atoms with van der Waals surface area (Å²) in [5.41, 5.74) is 5.42. The van der Waals surface area contributed by atoms with Gasteiger partial charge < -0.3 is 20.1 Å². The van der Waals surface area contributed by atoms with E-state index >= 15 is 0 Å². The van der Waals surface area contributed by atoms with Crippen molar-refractivity contribution in [2.75, 3.05) is 26.4 Å². The summed E-state index contributed by atoms with van der Waals surface area (Å²) in [6, 6.07) is 0. The van der Waals surface area contributed by atoms with Gasteiger partial charge in [0.1, 0.15) is 6.61 Å². The van der Waals surface area contributed by atoms with Gasteiger partial charge in [-0.1, -0.05) is 408 Å². The van der Waals surface area contributed by atoms with Gasteiger partial charge in [0.25, 0.3) is 0 Å². The first kappa shape index (κ1) is 94.5. The maximum Gasteiger partial charge on any atom is 0.472 e. The zero-order valence-electron chi connectivity index (χ0n) is 64.3. The molecule has 0 rings (SSSR count). The first-order valence-electron chi connectivity index (χ1n) is 42.4. The second kappa shape index (κ2) is 82.4. The minimum Gasteiger partial charge on any atom is -0.462 e. The number of phosphoric acid groups is 1. The Morgan fingerprint density at radius 1 is 0.309 bits per heavy atom. The summed E-state index contributed by atoms with van der Waals surface area (Å²) < 4.78 is 33.3. The van der Waals surface area contributed by atoms with Crippen molar-refractivity contribution in [1.29, 1.82) is 0 Å². The van der Waals surface area contributed by atoms with E-state index in [0.29, 0.717) is 6.42 Å². The lowest BCUT2D eigenvalue weighted by molar-refractivity contribution is -0.161. The summed E-state index contributed by atoms with van der Waals surface area (Å²) >= 11 is 0. The fraction of sp³-hybridized carbons (Fsp3) is 0.839. The summed E-state index contributed by atoms with van der Waals surface area (Å²) in [6.45, 7) is 3.79. The van der Waals surface area contributed by atoms with Crippen molar-refractivity contribution >= 4 is 19.8 Å². The average molecular weight is 1380 g/mol. The molecule has 2 atom stereocenters. The Morgan fingerprint density at radius 2 is 0.536 bits per heavy atom. The highest BCUT2D eigenvalue weighted by molar-refractivity contribution is 7.47. The van der Waals surface area contributed by atoms with Crippen LogP contribution in [0.5, 0.6) is 0 Å². The molecule has 0 spiro atoms. The molecule has 9 nitrogen and oxygen atoms in total. The van der Waals surface area contributed by atoms with Crippen LogP contribution in [0.1, 0.15) is 438 Å². The van der Waals surface area contributed by atoms with Gasteiger partial charge in [-0.25, -0.2) is 4.57 Å². The molecule has 0 saturated heterocycles. The molecule has 97 heavy (non-hydrogen) atoms. The molecule has 568 valence electrons. The molecule has 0 amide bonds. The van der Waals surface area contributed by atoms with Crippen LogP contribution in [0.15, 0.2) is 72.9 Å². The molecule has 0 aliphatic heterocycles. The lowest BCUT2D eigenvalue weighted by Crippen LogP contribution is -2.29. The van der Waals surface area contributed by atoms with Crippen LogP contribution in [-0.4, -0.2) is 49.3 Å². The van der Waals surface area contributed by atoms with Crippen LogP contribution in [-0.2, 0) is 32.7 Å². The van der Waals surface area contributed by atoms with Gasteiger partial charge in [-0.05, 0) is 89.9 Å². The van der Waals surface area contributed by atoms with E-state index in [4.69, 9.17) is 24.3 Å². The number of unbranched alkanes of at least 4 members (excludes halogenated alkanes) is 56. The second-order valence-corrected chi connectivity index (χ2v) is 30.2. The van der Waals surface area contributed by atoms with E-state index in [1.54, 1.807) is 0 Å². The molecule has 0 aromatic heterocycles. The normalized spacial score (nSPS) is 13.2. The van der Waals surface area contributed by atoms with E-state index < -0.39 is 26.5 Å². The average Bonchev–Trinajstić information content (AvgIpc) is 2.88. The van der Waals surface area contributed by atoms with Gasteiger partial charge >= 0.3 is 19.8 Å². The first-order valence-corrected chi connectivity index (χ1v) is 43.9. The van der Waals surface area contributed by atoms with Gasteiger partial charge in [0.15, 0.2) is 6.10 Å². The Bertz CT molecular complexity index is 1830. The third-order valence-electron chi connectivity index (χ3n) is 19.1. The first-order chi connectivity index (χ1) is 47.8. The number of rotatable bonds is 81. The lowest BCUT2D eigenvalue weighted by Gasteiger charge is -2.19. The van der Waals surface area contributed by atoms with Crippen molar-refractivity contribution in [2.45, 2.75) is 444 Å². The molecule has 0 heterocycles. The maximum absolute atomic E-state index is 12.8. The van der Waals surface area contributed by atoms with Crippen LogP contribution in [0.4, 0.5) is 0 Å². The van der Waals surface area contributed by atoms with E-state index in [-0.39, 0.29) is 38.6 Å². The van der Waals surface area contributed by atoms with Gasteiger partial charge in [-0.15, -0.1) is 0 Å². The van der Waals surface area contributed by atoms with Crippen LogP contribution in [0.2, 0.25) is 0 Å². The standard InChI is InChI=1S/C87H162NO8P/c1-3-5-7-9-11-13-15-17-19-21-23-25-27-29-31-33-35-37-39-41-42-44-46-48-50-52-54-56-58-60-62-64-66-68-70-72-74-76-78-80-87(90)96-85(84-95-97(91,92)94-82-81-88)83-93-86(89)79-77-75-73-71-69-67-65-63-61-59-57-55-53-51-49-47-45-43-40-38-36-34-32-30-28-26-24-22-20-18-16-14-12-10-8-6-4-2/h15-18,21-24,27-30,85H,3-14,19-20,25-26,31-84,88H2,1-2H3,(H,91,92)/b17-15-,18-16-,23-21-,24-22-,29-27-,30-28-. The van der Waals surface area contributed by atoms with Crippen molar-refractivity contribution in [1.82, 2.24) is 0 Å². The number of carbonyl (C=O) groups is 2. The Morgan fingerprint density at radius 3 is 0.794 bits per heavy atom. The van der Waals surface area contributed by atoms with Gasteiger partial charge in [-0.2, -0.15) is 0 Å². The summed E-state index contributed by atoms with van der Waals surface area (Å²) in [5, 5.41) is 0. The molecule has 10 heteroatoms. The Hall–Kier alpha value is -2.55. The smallest absolute Gasteiger partial charge is 0.462 e. The molecular weight excluding hydrogens is 1220 g/mol. The lowest BCUT2D eigenvalue weighted by atomic mass is 10.0. The van der Waals surface area contributed by atoms with Crippen molar-refractivity contribution in [3.8, 4) is 0 Å². The fourth-order valence-corrected chi connectivity index (χ4v) is 13.5. The Labute approximate surface area is 602 Å². The molecule has 3 N–H and O–H groups in total. The molecule has 2 unspecified atom stereocenters. The largest absolute Gasteiger partial charge is 0.472 e. The molecule has 0 aliphatic carbocycles. The predicted molar refractivity (Wildman–Crippen MR) is 423 cm³/mol. The molecule has 0 aromatic rings. The molecule has 0 aromatic carbocycles. The number of nitrogens with two attached hydrogens (primary N) is 1. The highest BCUT2D eigenvalue weighted by Gasteiger charge is 2.26. The Kier molecular flexibility index (Phi) is 80.2. The van der Waals surface area contributed by atoms with E-state index in [1.807, 2.05) is 0 Å². The van der Waals surface area contributed by atoms with Crippen molar-refractivity contribution in [3.63, 3.8) is 0 Å². The number of ether oxygens (including phenoxy) is 2. The minimum atomic E-state index is -4.40. The zero-order chi connectivity index (χ0) is 70.0. The van der Waals surface area contributed by atoms with Crippen LogP contribution in [0, 0.1) is 0 Å². The highest BCUT2D eigenvalue weighted by Crippen LogP contribution is 2.43. The topological polar surface area (TPSA) is 134 Å². The molecule has 0 radical (unpaired) electrons. The number of hydrogen-bond acceptors (Lipinski definition) is 8. The molecule has 0 fully saturated rings. The molecule has 0 bridgehead atoms. The summed E-state index contributed by atoms with van der Waals surface area (Å²) in [5.74, 6) is -0.803. The van der Waals surface area contributed by atoms with Crippen LogP contribution in [0.25, 0.3) is 0 Å². The second-order valence-electron chi connectivity index (χ2n) is 28.7. The summed E-state index contributed by atoms with van der Waals surface area (Å²) in [6.07, 6.45) is 111. The van der Waals surface area contributed by atoms with Gasteiger partial charge in [0, 0.05) is 19.4 Å². The zero-order valence-corrected chi connectivity index (χ0v) is 65.2. The third-order valence-corrected chi connectivity index (χ3v) is 20.0. The summed E-state index contributed by atoms with van der Waals surface area (Å²) in [4.78, 5) is 35.5. The number of phosphoric ester groups is 1. The highest BCUT2D eigenvalue weighted by atomic mass is 31.2. The predicted octanol–water partition coefficient (Wildman–Crippen LogP) is 28.7. The number of allylic oxidation sites excluding steroid dienone is 12. The van der Waals surface area contributed by atoms with Crippen molar-refractivity contribution in [2.24, 2.45) is 5.73 Å². The quantitative estimate of drug-likeness (QED) is 0.0264. The third kappa shape index (κ3) is 82.3. The fourth-order valence-electron chi connectivity index (χ4n) is 12.8. The van der Waals surface area contributed by atoms with E-state index in [0.717, 1.165) is 57.8 Å². The number of hydrogen-bond donors (Lipinski definition) is 2. The molecule has 0 aliphatic rings. The van der Waals surface area contributed by atoms with Crippen molar-refractivity contribution in [3.05, 3.63) is 72.9 Å². The minimum absolute atomic E-state index is 0.0551. The molecule has 0 saturated carbocycles. The monoisotopic (exact) mass is 1380 g/mol. The maximum atomic E-state index is 12.8. The number of carbonyl (C=O) groups excluding carboxylic acids is 2.